The Bertz CT molecular complexity index is 439. The summed E-state index contributed by atoms with van der Waals surface area (Å²) in [4.78, 5) is 13.0. The van der Waals surface area contributed by atoms with Gasteiger partial charge in [0.25, 0.3) is 0 Å². The van der Waals surface area contributed by atoms with Gasteiger partial charge in [-0.3, -0.25) is 15.0 Å². The Morgan fingerprint density at radius 3 is 2.52 bits per heavy atom. The summed E-state index contributed by atoms with van der Waals surface area (Å²) in [6, 6.07) is 2.06. The molecule has 0 saturated carbocycles. The first kappa shape index (κ1) is 20.6. The summed E-state index contributed by atoms with van der Waals surface area (Å²) in [5.41, 5.74) is 1.10. The van der Waals surface area contributed by atoms with Gasteiger partial charge in [-0.1, -0.05) is 31.6 Å². The molecule has 0 aromatic carbocycles. The molecule has 1 N–H and O–H groups in total. The number of halogens is 2. The molecule has 1 aromatic rings. The number of nitrogens with zero attached hydrogens (tertiary/aromatic N) is 2. The number of hydrogen-bond acceptors (Lipinski definition) is 5. The van der Waals surface area contributed by atoms with Crippen molar-refractivity contribution < 1.29 is 4.92 Å². The Morgan fingerprint density at radius 1 is 1.43 bits per heavy atom. The van der Waals surface area contributed by atoms with Crippen LogP contribution in [0, 0.1) is 16.0 Å². The largest absolute Gasteiger partial charge is 0.324 e. The summed E-state index contributed by atoms with van der Waals surface area (Å²) in [5.74, 6) is 0.507. The molecule has 1 aliphatic rings. The molecule has 0 bridgehead atoms. The van der Waals surface area contributed by atoms with Crippen LogP contribution >= 0.6 is 36.2 Å². The average Bonchev–Trinajstić information content (AvgIpc) is 2.89. The van der Waals surface area contributed by atoms with Gasteiger partial charge in [0.05, 0.1) is 4.92 Å². The van der Waals surface area contributed by atoms with Crippen LogP contribution in [0.5, 0.6) is 0 Å². The van der Waals surface area contributed by atoms with E-state index in [1.165, 1.54) is 11.3 Å². The van der Waals surface area contributed by atoms with Gasteiger partial charge in [0.15, 0.2) is 0 Å². The second kappa shape index (κ2) is 9.58. The summed E-state index contributed by atoms with van der Waals surface area (Å²) in [6.45, 7) is 8.44. The minimum Gasteiger partial charge on any atom is -0.314 e. The van der Waals surface area contributed by atoms with Crippen molar-refractivity contribution in [3.05, 3.63) is 27.1 Å². The second-order valence-electron chi connectivity index (χ2n) is 5.09. The fourth-order valence-electron chi connectivity index (χ4n) is 2.67. The molecule has 0 amide bonds. The van der Waals surface area contributed by atoms with Gasteiger partial charge in [0, 0.05) is 43.7 Å². The van der Waals surface area contributed by atoms with Crippen LogP contribution < -0.4 is 5.32 Å². The maximum absolute atomic E-state index is 10.8. The summed E-state index contributed by atoms with van der Waals surface area (Å²) >= 11 is 1.24. The molecule has 1 aliphatic heterocycles. The van der Waals surface area contributed by atoms with Crippen molar-refractivity contribution in [3.8, 4) is 0 Å². The lowest BCUT2D eigenvalue weighted by molar-refractivity contribution is -0.380. The highest BCUT2D eigenvalue weighted by atomic mass is 35.5. The van der Waals surface area contributed by atoms with E-state index < -0.39 is 0 Å². The van der Waals surface area contributed by atoms with Gasteiger partial charge in [0.1, 0.15) is 0 Å². The van der Waals surface area contributed by atoms with Crippen molar-refractivity contribution in [1.82, 2.24) is 10.2 Å². The highest BCUT2D eigenvalue weighted by Crippen LogP contribution is 2.35. The van der Waals surface area contributed by atoms with Gasteiger partial charge in [-0.2, -0.15) is 0 Å². The van der Waals surface area contributed by atoms with Crippen LogP contribution in [0.4, 0.5) is 5.00 Å². The number of thiophene rings is 1. The van der Waals surface area contributed by atoms with Gasteiger partial charge in [-0.25, -0.2) is 0 Å². The lowest BCUT2D eigenvalue weighted by atomic mass is 9.92. The van der Waals surface area contributed by atoms with Crippen molar-refractivity contribution in [2.75, 3.05) is 26.2 Å². The third kappa shape index (κ3) is 5.07. The quantitative estimate of drug-likeness (QED) is 0.648. The average molecular weight is 356 g/mol. The van der Waals surface area contributed by atoms with E-state index in [-0.39, 0.29) is 34.7 Å². The highest BCUT2D eigenvalue weighted by Gasteiger charge is 2.28. The van der Waals surface area contributed by atoms with Crippen LogP contribution in [0.25, 0.3) is 0 Å². The van der Waals surface area contributed by atoms with E-state index in [2.05, 4.69) is 24.1 Å². The summed E-state index contributed by atoms with van der Waals surface area (Å²) in [5, 5.41) is 16.4. The molecule has 0 aliphatic carbocycles. The topological polar surface area (TPSA) is 58.4 Å². The first-order valence-corrected chi connectivity index (χ1v) is 7.69. The van der Waals surface area contributed by atoms with Crippen molar-refractivity contribution in [1.29, 1.82) is 0 Å². The first-order chi connectivity index (χ1) is 9.13. The third-order valence-corrected chi connectivity index (χ3v) is 4.75. The zero-order valence-corrected chi connectivity index (χ0v) is 14.7. The number of nitro groups is 1. The molecule has 5 nitrogen and oxygen atoms in total. The fraction of sp³-hybridized carbons (Fsp3) is 0.692. The van der Waals surface area contributed by atoms with E-state index in [0.29, 0.717) is 12.0 Å². The van der Waals surface area contributed by atoms with E-state index in [4.69, 9.17) is 0 Å². The minimum absolute atomic E-state index is 0. The molecule has 2 atom stereocenters. The van der Waals surface area contributed by atoms with Crippen LogP contribution in [-0.4, -0.2) is 36.0 Å². The van der Waals surface area contributed by atoms with Gasteiger partial charge < -0.3 is 5.32 Å². The SMILES string of the molecule is CCC(C)[C@@H](c1csc([N+](=O)[O-])c1)N1CCNCC1.Cl.Cl. The van der Waals surface area contributed by atoms with E-state index in [0.717, 1.165) is 38.2 Å². The van der Waals surface area contributed by atoms with E-state index in [1.807, 2.05) is 5.38 Å². The first-order valence-electron chi connectivity index (χ1n) is 6.81. The van der Waals surface area contributed by atoms with Crippen LogP contribution in [0.1, 0.15) is 31.9 Å². The Labute approximate surface area is 142 Å². The van der Waals surface area contributed by atoms with Crippen LogP contribution in [-0.2, 0) is 0 Å². The number of hydrogen-bond donors (Lipinski definition) is 1. The van der Waals surface area contributed by atoms with Crippen LogP contribution in [0.3, 0.4) is 0 Å². The van der Waals surface area contributed by atoms with E-state index in [9.17, 15) is 10.1 Å². The molecule has 0 spiro atoms. The molecule has 122 valence electrons. The molecule has 1 fully saturated rings. The standard InChI is InChI=1S/C13H21N3O2S.2ClH/c1-3-10(2)13(15-6-4-14-5-7-15)11-8-12(16(17)18)19-9-11;;/h8-10,13-14H,3-7H2,1-2H3;2*1H/t10?,13-;;/m0../s1. The molecule has 1 unspecified atom stereocenters. The number of rotatable bonds is 5. The van der Waals surface area contributed by atoms with Crippen LogP contribution in [0.2, 0.25) is 0 Å². The molecule has 0 radical (unpaired) electrons. The Balaban J connectivity index is 0.00000200. The van der Waals surface area contributed by atoms with E-state index in [1.54, 1.807) is 6.07 Å². The Kier molecular flexibility index (Phi) is 9.40. The van der Waals surface area contributed by atoms with Gasteiger partial charge in [-0.15, -0.1) is 24.8 Å². The summed E-state index contributed by atoms with van der Waals surface area (Å²) in [6.07, 6.45) is 1.08. The van der Waals surface area contributed by atoms with Gasteiger partial charge in [-0.05, 0) is 11.5 Å². The monoisotopic (exact) mass is 355 g/mol. The van der Waals surface area contributed by atoms with Gasteiger partial charge >= 0.3 is 5.00 Å². The maximum Gasteiger partial charge on any atom is 0.324 e. The maximum atomic E-state index is 10.8. The Hall–Kier alpha value is -0.400. The minimum atomic E-state index is -0.292. The molecule has 1 aromatic heterocycles. The normalized spacial score (nSPS) is 18.2. The predicted octanol–water partition coefficient (Wildman–Crippen LogP) is 3.49. The predicted molar refractivity (Wildman–Crippen MR) is 92.1 cm³/mol. The number of nitrogens with one attached hydrogen (secondary N) is 1. The van der Waals surface area contributed by atoms with Crippen molar-refractivity contribution in [3.63, 3.8) is 0 Å². The van der Waals surface area contributed by atoms with Gasteiger partial charge in [0.2, 0.25) is 0 Å². The molecule has 1 saturated heterocycles. The molecule has 8 heteroatoms. The lowest BCUT2D eigenvalue weighted by Crippen LogP contribution is -2.46. The third-order valence-electron chi connectivity index (χ3n) is 3.86. The van der Waals surface area contributed by atoms with Crippen molar-refractivity contribution >= 4 is 41.2 Å². The molecule has 21 heavy (non-hydrogen) atoms. The van der Waals surface area contributed by atoms with Crippen molar-refractivity contribution in [2.45, 2.75) is 26.3 Å². The van der Waals surface area contributed by atoms with Crippen LogP contribution in [0.15, 0.2) is 11.4 Å². The molecular weight excluding hydrogens is 333 g/mol. The molecule has 2 heterocycles. The number of piperazine rings is 1. The van der Waals surface area contributed by atoms with E-state index >= 15 is 0 Å². The zero-order valence-electron chi connectivity index (χ0n) is 12.3. The molecule has 2 rings (SSSR count). The fourth-order valence-corrected chi connectivity index (χ4v) is 3.43. The highest BCUT2D eigenvalue weighted by molar-refractivity contribution is 7.13. The smallest absolute Gasteiger partial charge is 0.314 e. The van der Waals surface area contributed by atoms with Crippen molar-refractivity contribution in [2.24, 2.45) is 5.92 Å². The summed E-state index contributed by atoms with van der Waals surface area (Å²) in [7, 11) is 0. The Morgan fingerprint density at radius 2 is 2.05 bits per heavy atom. The second-order valence-corrected chi connectivity index (χ2v) is 5.98. The lowest BCUT2D eigenvalue weighted by Gasteiger charge is -2.37. The zero-order chi connectivity index (χ0) is 13.8. The summed E-state index contributed by atoms with van der Waals surface area (Å²) < 4.78 is 0. The molecular formula is C13H23Cl2N3O2S.